The van der Waals surface area contributed by atoms with Crippen LogP contribution in [0.2, 0.25) is 0 Å². The summed E-state index contributed by atoms with van der Waals surface area (Å²) < 4.78 is 0. The SMILES string of the molecule is CC1C2=C3C(=O)c4cccc(O)c4C(=O)C3CN2CC2C=CC=CC21. The molecule has 2 aliphatic carbocycles. The summed E-state index contributed by atoms with van der Waals surface area (Å²) in [7, 11) is 0. The Morgan fingerprint density at radius 1 is 1.12 bits per heavy atom. The molecule has 4 atom stereocenters. The van der Waals surface area contributed by atoms with Gasteiger partial charge in [0.15, 0.2) is 11.6 Å². The highest BCUT2D eigenvalue weighted by Gasteiger charge is 2.50. The number of phenolic OH excluding ortho intramolecular Hbond substituents is 1. The lowest BCUT2D eigenvalue weighted by Gasteiger charge is -2.42. The van der Waals surface area contributed by atoms with Crippen molar-refractivity contribution in [2.24, 2.45) is 23.7 Å². The lowest BCUT2D eigenvalue weighted by Crippen LogP contribution is -2.41. The molecule has 0 aromatic heterocycles. The summed E-state index contributed by atoms with van der Waals surface area (Å²) in [6.45, 7) is 3.55. The highest BCUT2D eigenvalue weighted by molar-refractivity contribution is 6.25. The predicted octanol–water partition coefficient (Wildman–Crippen LogP) is 2.97. The van der Waals surface area contributed by atoms with Gasteiger partial charge in [-0.25, -0.2) is 0 Å². The van der Waals surface area contributed by atoms with E-state index in [2.05, 4.69) is 36.1 Å². The molecule has 5 rings (SSSR count). The van der Waals surface area contributed by atoms with Gasteiger partial charge in [0, 0.05) is 41.8 Å². The molecule has 0 saturated carbocycles. The molecule has 4 unspecified atom stereocenters. The maximum atomic E-state index is 13.2. The predicted molar refractivity (Wildman–Crippen MR) is 93.3 cm³/mol. The van der Waals surface area contributed by atoms with Crippen LogP contribution in [-0.4, -0.2) is 34.7 Å². The minimum Gasteiger partial charge on any atom is -0.507 e. The van der Waals surface area contributed by atoms with Gasteiger partial charge in [-0.2, -0.15) is 0 Å². The lowest BCUT2D eigenvalue weighted by atomic mass is 9.72. The summed E-state index contributed by atoms with van der Waals surface area (Å²) in [5.41, 5.74) is 2.25. The van der Waals surface area contributed by atoms with E-state index >= 15 is 0 Å². The van der Waals surface area contributed by atoms with E-state index in [1.165, 1.54) is 6.07 Å². The van der Waals surface area contributed by atoms with Gasteiger partial charge in [-0.05, 0) is 12.0 Å². The number of ketones is 2. The van der Waals surface area contributed by atoms with E-state index < -0.39 is 5.92 Å². The molecule has 2 heterocycles. The van der Waals surface area contributed by atoms with Crippen molar-refractivity contribution in [2.75, 3.05) is 13.1 Å². The molecule has 2 aliphatic heterocycles. The van der Waals surface area contributed by atoms with Crippen LogP contribution in [0.25, 0.3) is 0 Å². The lowest BCUT2D eigenvalue weighted by molar-refractivity contribution is 0.0875. The van der Waals surface area contributed by atoms with Crippen LogP contribution in [-0.2, 0) is 0 Å². The molecule has 1 saturated heterocycles. The van der Waals surface area contributed by atoms with Crippen LogP contribution in [0.5, 0.6) is 5.75 Å². The van der Waals surface area contributed by atoms with Gasteiger partial charge in [-0.1, -0.05) is 43.4 Å². The van der Waals surface area contributed by atoms with Crippen LogP contribution in [0.3, 0.4) is 0 Å². The van der Waals surface area contributed by atoms with E-state index in [0.29, 0.717) is 29.5 Å². The highest BCUT2D eigenvalue weighted by atomic mass is 16.3. The van der Waals surface area contributed by atoms with Crippen molar-refractivity contribution in [3.8, 4) is 5.75 Å². The number of carbonyl (C=O) groups is 2. The number of piperidine rings is 1. The summed E-state index contributed by atoms with van der Waals surface area (Å²) >= 11 is 0. The topological polar surface area (TPSA) is 57.6 Å². The van der Waals surface area contributed by atoms with Crippen LogP contribution in [0.15, 0.2) is 53.8 Å². The van der Waals surface area contributed by atoms with E-state index in [1.54, 1.807) is 12.1 Å². The van der Waals surface area contributed by atoms with Crippen molar-refractivity contribution < 1.29 is 14.7 Å². The molecule has 0 bridgehead atoms. The average Bonchev–Trinajstić information content (AvgIpc) is 3.00. The molecule has 1 aromatic rings. The Bertz CT molecular complexity index is 908. The number of aromatic hydroxyl groups is 1. The maximum Gasteiger partial charge on any atom is 0.192 e. The van der Waals surface area contributed by atoms with Gasteiger partial charge in [0.05, 0.1) is 11.5 Å². The third-order valence-electron chi connectivity index (χ3n) is 6.20. The van der Waals surface area contributed by atoms with Crippen molar-refractivity contribution in [2.45, 2.75) is 6.92 Å². The fraction of sp³-hybridized carbons (Fsp3) is 0.333. The van der Waals surface area contributed by atoms with Crippen LogP contribution >= 0.6 is 0 Å². The zero-order valence-corrected chi connectivity index (χ0v) is 14.0. The molecule has 0 radical (unpaired) electrons. The van der Waals surface area contributed by atoms with Crippen molar-refractivity contribution in [3.05, 3.63) is 64.9 Å². The van der Waals surface area contributed by atoms with E-state index in [1.807, 2.05) is 0 Å². The molecule has 126 valence electrons. The fourth-order valence-corrected chi connectivity index (χ4v) is 5.09. The van der Waals surface area contributed by atoms with Gasteiger partial charge in [0.2, 0.25) is 0 Å². The van der Waals surface area contributed by atoms with Gasteiger partial charge in [0.1, 0.15) is 5.75 Å². The molecule has 4 heteroatoms. The molecular weight excluding hydrogens is 314 g/mol. The monoisotopic (exact) mass is 333 g/mol. The highest BCUT2D eigenvalue weighted by Crippen LogP contribution is 2.48. The largest absolute Gasteiger partial charge is 0.507 e. The van der Waals surface area contributed by atoms with Gasteiger partial charge in [-0.15, -0.1) is 0 Å². The number of nitrogens with zero attached hydrogens (tertiary/aromatic N) is 1. The third-order valence-corrected chi connectivity index (χ3v) is 6.20. The molecule has 0 spiro atoms. The maximum absolute atomic E-state index is 13.2. The molecule has 1 N–H and O–H groups in total. The Labute approximate surface area is 146 Å². The van der Waals surface area contributed by atoms with Gasteiger partial charge < -0.3 is 10.0 Å². The summed E-state index contributed by atoms with van der Waals surface area (Å²) in [5, 5.41) is 10.1. The fourth-order valence-electron chi connectivity index (χ4n) is 5.09. The van der Waals surface area contributed by atoms with Crippen LogP contribution in [0.1, 0.15) is 27.6 Å². The summed E-state index contributed by atoms with van der Waals surface area (Å²) in [6, 6.07) is 4.77. The quantitative estimate of drug-likeness (QED) is 0.793. The summed E-state index contributed by atoms with van der Waals surface area (Å²) in [6.07, 6.45) is 8.61. The number of phenols is 1. The number of Topliss-reactive ketones (excluding diaryl/α,β-unsaturated/α-hetero) is 2. The van der Waals surface area contributed by atoms with Crippen molar-refractivity contribution >= 4 is 11.6 Å². The smallest absolute Gasteiger partial charge is 0.192 e. The number of rotatable bonds is 0. The number of hydrogen-bond donors (Lipinski definition) is 1. The van der Waals surface area contributed by atoms with Crippen LogP contribution in [0, 0.1) is 23.7 Å². The minimum absolute atomic E-state index is 0.0858. The van der Waals surface area contributed by atoms with Gasteiger partial charge >= 0.3 is 0 Å². The molecule has 4 nitrogen and oxygen atoms in total. The number of carbonyl (C=O) groups excluding carboxylic acids is 2. The Balaban J connectivity index is 1.68. The number of hydrogen-bond acceptors (Lipinski definition) is 4. The van der Waals surface area contributed by atoms with Crippen molar-refractivity contribution in [3.63, 3.8) is 0 Å². The Morgan fingerprint density at radius 3 is 2.76 bits per heavy atom. The zero-order valence-electron chi connectivity index (χ0n) is 14.0. The first kappa shape index (κ1) is 14.7. The number of benzene rings is 1. The number of allylic oxidation sites excluding steroid dienone is 4. The molecule has 25 heavy (non-hydrogen) atoms. The Morgan fingerprint density at radius 2 is 1.92 bits per heavy atom. The Kier molecular flexibility index (Phi) is 2.91. The van der Waals surface area contributed by atoms with E-state index in [0.717, 1.165) is 12.2 Å². The molecular formula is C21H19NO3. The second kappa shape index (κ2) is 4.94. The van der Waals surface area contributed by atoms with Gasteiger partial charge in [-0.3, -0.25) is 9.59 Å². The second-order valence-corrected chi connectivity index (χ2v) is 7.45. The Hall–Kier alpha value is -2.62. The van der Waals surface area contributed by atoms with Crippen molar-refractivity contribution in [1.82, 2.24) is 4.90 Å². The second-order valence-electron chi connectivity index (χ2n) is 7.45. The molecule has 0 amide bonds. The number of fused-ring (bicyclic) bond motifs is 4. The minimum atomic E-state index is -0.445. The molecule has 4 aliphatic rings. The standard InChI is InChI=1S/C21H19NO3/c1-11-13-6-3-2-5-12(13)9-22-10-15-18(19(11)22)20(24)14-7-4-8-16(23)17(14)21(15)25/h2-8,11-13,15,23H,9-10H2,1H3. The van der Waals surface area contributed by atoms with E-state index in [9.17, 15) is 14.7 Å². The molecule has 1 fully saturated rings. The normalized spacial score (nSPS) is 32.4. The third kappa shape index (κ3) is 1.82. The summed E-state index contributed by atoms with van der Waals surface area (Å²) in [5.74, 6) is 0.257. The summed E-state index contributed by atoms with van der Waals surface area (Å²) in [4.78, 5) is 28.4. The van der Waals surface area contributed by atoms with Crippen molar-refractivity contribution in [1.29, 1.82) is 0 Å². The zero-order chi connectivity index (χ0) is 17.3. The van der Waals surface area contributed by atoms with Crippen LogP contribution < -0.4 is 0 Å². The first-order valence-corrected chi connectivity index (χ1v) is 8.83. The first-order valence-electron chi connectivity index (χ1n) is 8.83. The van der Waals surface area contributed by atoms with Crippen LogP contribution in [0.4, 0.5) is 0 Å². The molecule has 1 aromatic carbocycles. The first-order chi connectivity index (χ1) is 12.1. The van der Waals surface area contributed by atoms with Gasteiger partial charge in [0.25, 0.3) is 0 Å². The van der Waals surface area contributed by atoms with E-state index in [-0.39, 0.29) is 28.8 Å². The average molecular weight is 333 g/mol. The van der Waals surface area contributed by atoms with E-state index in [4.69, 9.17) is 0 Å².